The summed E-state index contributed by atoms with van der Waals surface area (Å²) in [4.78, 5) is 23.1. The number of halogens is 2. The first kappa shape index (κ1) is 17.4. The smallest absolute Gasteiger partial charge is 0.251 e. The molecule has 3 N–H and O–H groups in total. The lowest BCUT2D eigenvalue weighted by Gasteiger charge is -2.23. The van der Waals surface area contributed by atoms with Gasteiger partial charge >= 0.3 is 0 Å². The minimum Gasteiger partial charge on any atom is -0.348 e. The van der Waals surface area contributed by atoms with Gasteiger partial charge < -0.3 is 16.0 Å². The summed E-state index contributed by atoms with van der Waals surface area (Å²) in [5.74, 6) is -1.20. The van der Waals surface area contributed by atoms with Crippen LogP contribution in [0.3, 0.4) is 0 Å². The van der Waals surface area contributed by atoms with Crippen LogP contribution in [-0.4, -0.2) is 30.9 Å². The Balaban J connectivity index is 0.00000220. The number of hydrogen-bond donors (Lipinski definition) is 3. The molecule has 1 aromatic rings. The zero-order valence-electron chi connectivity index (χ0n) is 11.7. The minimum absolute atomic E-state index is 0. The Morgan fingerprint density at radius 3 is 2.76 bits per heavy atom. The summed E-state index contributed by atoms with van der Waals surface area (Å²) in [5.41, 5.74) is 0.354. The van der Waals surface area contributed by atoms with Crippen LogP contribution >= 0.6 is 12.4 Å². The largest absolute Gasteiger partial charge is 0.348 e. The number of benzene rings is 1. The Morgan fingerprint density at radius 1 is 1.38 bits per heavy atom. The molecule has 1 aromatic carbocycles. The number of piperidine rings is 1. The topological polar surface area (TPSA) is 70.2 Å². The van der Waals surface area contributed by atoms with Crippen molar-refractivity contribution in [3.05, 3.63) is 29.6 Å². The molecule has 116 valence electrons. The van der Waals surface area contributed by atoms with Crippen LogP contribution in [0.25, 0.3) is 0 Å². The van der Waals surface area contributed by atoms with E-state index in [4.69, 9.17) is 0 Å². The van der Waals surface area contributed by atoms with Crippen LogP contribution in [0.15, 0.2) is 18.2 Å². The van der Waals surface area contributed by atoms with E-state index in [2.05, 4.69) is 16.0 Å². The van der Waals surface area contributed by atoms with Gasteiger partial charge in [0.05, 0.1) is 5.69 Å². The van der Waals surface area contributed by atoms with Crippen LogP contribution in [0, 0.1) is 5.82 Å². The SMILES string of the molecule is CC(=O)Nc1cc(C(=O)NC2CCCNC2)ccc1F.Cl. The molecule has 1 heterocycles. The molecule has 1 saturated heterocycles. The Labute approximate surface area is 129 Å². The summed E-state index contributed by atoms with van der Waals surface area (Å²) < 4.78 is 13.5. The molecule has 0 spiro atoms. The number of carbonyl (C=O) groups is 2. The highest BCUT2D eigenvalue weighted by Gasteiger charge is 2.17. The summed E-state index contributed by atoms with van der Waals surface area (Å²) in [7, 11) is 0. The van der Waals surface area contributed by atoms with Gasteiger partial charge in [-0.2, -0.15) is 0 Å². The molecule has 1 aliphatic rings. The van der Waals surface area contributed by atoms with Crippen LogP contribution in [0.5, 0.6) is 0 Å². The zero-order valence-corrected chi connectivity index (χ0v) is 12.6. The molecule has 0 saturated carbocycles. The van der Waals surface area contributed by atoms with Crippen LogP contribution in [-0.2, 0) is 4.79 Å². The number of nitrogens with one attached hydrogen (secondary N) is 3. The maximum atomic E-state index is 13.5. The molecule has 1 unspecified atom stereocenters. The van der Waals surface area contributed by atoms with Crippen LogP contribution in [0.4, 0.5) is 10.1 Å². The number of carbonyl (C=O) groups excluding carboxylic acids is 2. The molecular formula is C14H19ClFN3O2. The maximum Gasteiger partial charge on any atom is 0.251 e. The molecule has 1 fully saturated rings. The zero-order chi connectivity index (χ0) is 14.5. The third-order valence-corrected chi connectivity index (χ3v) is 3.17. The molecule has 0 aromatic heterocycles. The van der Waals surface area contributed by atoms with E-state index in [1.807, 2.05) is 0 Å². The fraction of sp³-hybridized carbons (Fsp3) is 0.429. The van der Waals surface area contributed by atoms with Crippen LogP contribution in [0.1, 0.15) is 30.1 Å². The van der Waals surface area contributed by atoms with Crippen molar-refractivity contribution in [3.63, 3.8) is 0 Å². The summed E-state index contributed by atoms with van der Waals surface area (Å²) in [6.45, 7) is 3.00. The van der Waals surface area contributed by atoms with Crippen molar-refractivity contribution in [1.29, 1.82) is 0 Å². The fourth-order valence-electron chi connectivity index (χ4n) is 2.20. The number of anilines is 1. The summed E-state index contributed by atoms with van der Waals surface area (Å²) in [6, 6.07) is 4.03. The first-order valence-corrected chi connectivity index (χ1v) is 6.65. The molecule has 1 atom stereocenters. The van der Waals surface area contributed by atoms with E-state index < -0.39 is 5.82 Å². The van der Waals surface area contributed by atoms with E-state index >= 15 is 0 Å². The quantitative estimate of drug-likeness (QED) is 0.795. The predicted octanol–water partition coefficient (Wildman–Crippen LogP) is 1.69. The Kier molecular flexibility index (Phi) is 6.58. The molecule has 21 heavy (non-hydrogen) atoms. The van der Waals surface area contributed by atoms with Crippen molar-refractivity contribution in [1.82, 2.24) is 10.6 Å². The maximum absolute atomic E-state index is 13.5. The second-order valence-electron chi connectivity index (χ2n) is 4.89. The van der Waals surface area contributed by atoms with Gasteiger partial charge in [-0.3, -0.25) is 9.59 Å². The minimum atomic E-state index is -0.559. The van der Waals surface area contributed by atoms with Gasteiger partial charge in [0.25, 0.3) is 5.91 Å². The van der Waals surface area contributed by atoms with E-state index in [0.29, 0.717) is 5.56 Å². The molecule has 0 radical (unpaired) electrons. The van der Waals surface area contributed by atoms with Crippen molar-refractivity contribution in [2.45, 2.75) is 25.8 Å². The third kappa shape index (κ3) is 4.99. The van der Waals surface area contributed by atoms with Crippen molar-refractivity contribution < 1.29 is 14.0 Å². The normalized spacial score (nSPS) is 17.5. The molecule has 1 aliphatic heterocycles. The van der Waals surface area contributed by atoms with Crippen LogP contribution in [0.2, 0.25) is 0 Å². The average Bonchev–Trinajstić information content (AvgIpc) is 2.42. The fourth-order valence-corrected chi connectivity index (χ4v) is 2.20. The molecular weight excluding hydrogens is 297 g/mol. The van der Waals surface area contributed by atoms with Gasteiger partial charge in [-0.15, -0.1) is 12.4 Å². The second-order valence-corrected chi connectivity index (χ2v) is 4.89. The Bertz CT molecular complexity index is 519. The first-order chi connectivity index (χ1) is 9.56. The first-order valence-electron chi connectivity index (χ1n) is 6.65. The molecule has 2 amide bonds. The second kappa shape index (κ2) is 7.95. The van der Waals surface area contributed by atoms with Crippen LogP contribution < -0.4 is 16.0 Å². The lowest BCUT2D eigenvalue weighted by atomic mass is 10.1. The highest BCUT2D eigenvalue weighted by atomic mass is 35.5. The van der Waals surface area contributed by atoms with Crippen molar-refractivity contribution in [2.75, 3.05) is 18.4 Å². The van der Waals surface area contributed by atoms with Gasteiger partial charge in [-0.25, -0.2) is 4.39 Å². The van der Waals surface area contributed by atoms with Gasteiger partial charge in [-0.05, 0) is 37.6 Å². The Hall–Kier alpha value is -1.66. The van der Waals surface area contributed by atoms with Gasteiger partial charge in [0.15, 0.2) is 0 Å². The standard InChI is InChI=1S/C14H18FN3O2.ClH/c1-9(19)17-13-7-10(4-5-12(13)15)14(20)18-11-3-2-6-16-8-11;/h4-5,7,11,16H,2-3,6,8H2,1H3,(H,17,19)(H,18,20);1H. The highest BCUT2D eigenvalue weighted by Crippen LogP contribution is 2.16. The summed E-state index contributed by atoms with van der Waals surface area (Å²) >= 11 is 0. The summed E-state index contributed by atoms with van der Waals surface area (Å²) in [5, 5.41) is 8.47. The van der Waals surface area contributed by atoms with Gasteiger partial charge in [0.2, 0.25) is 5.91 Å². The monoisotopic (exact) mass is 315 g/mol. The third-order valence-electron chi connectivity index (χ3n) is 3.17. The van der Waals surface area contributed by atoms with E-state index in [1.165, 1.54) is 25.1 Å². The van der Waals surface area contributed by atoms with Gasteiger partial charge in [-0.1, -0.05) is 0 Å². The van der Waals surface area contributed by atoms with E-state index in [1.54, 1.807) is 0 Å². The van der Waals surface area contributed by atoms with Crippen molar-refractivity contribution >= 4 is 29.9 Å². The van der Waals surface area contributed by atoms with Gasteiger partial charge in [0.1, 0.15) is 5.82 Å². The van der Waals surface area contributed by atoms with E-state index in [-0.39, 0.29) is 36.0 Å². The average molecular weight is 316 g/mol. The molecule has 0 aliphatic carbocycles. The number of hydrogen-bond acceptors (Lipinski definition) is 3. The van der Waals surface area contributed by atoms with Crippen molar-refractivity contribution in [2.24, 2.45) is 0 Å². The lowest BCUT2D eigenvalue weighted by molar-refractivity contribution is -0.114. The molecule has 5 nitrogen and oxygen atoms in total. The number of amides is 2. The lowest BCUT2D eigenvalue weighted by Crippen LogP contribution is -2.45. The summed E-state index contributed by atoms with van der Waals surface area (Å²) in [6.07, 6.45) is 1.95. The van der Waals surface area contributed by atoms with Gasteiger partial charge in [0, 0.05) is 25.1 Å². The predicted molar refractivity (Wildman–Crippen MR) is 81.3 cm³/mol. The van der Waals surface area contributed by atoms with Crippen molar-refractivity contribution in [3.8, 4) is 0 Å². The number of rotatable bonds is 3. The molecule has 0 bridgehead atoms. The molecule has 2 rings (SSSR count). The Morgan fingerprint density at radius 2 is 2.14 bits per heavy atom. The van der Waals surface area contributed by atoms with E-state index in [9.17, 15) is 14.0 Å². The highest BCUT2D eigenvalue weighted by molar-refractivity contribution is 5.97. The molecule has 7 heteroatoms. The van der Waals surface area contributed by atoms with E-state index in [0.717, 1.165) is 25.9 Å².